The predicted molar refractivity (Wildman–Crippen MR) is 53.7 cm³/mol. The smallest absolute Gasteiger partial charge is 0.410 e. The van der Waals surface area contributed by atoms with E-state index in [-0.39, 0.29) is 12.5 Å². The molecule has 0 aliphatic carbocycles. The van der Waals surface area contributed by atoms with Crippen LogP contribution in [0.1, 0.15) is 19.8 Å². The number of amides is 2. The second-order valence-corrected chi connectivity index (χ2v) is 3.48. The lowest BCUT2D eigenvalue weighted by molar-refractivity contribution is -0.135. The number of unbranched alkanes of at least 4 members (excludes halogenated alkanes) is 1. The number of hydrogen-bond acceptors (Lipinski definition) is 4. The van der Waals surface area contributed by atoms with E-state index in [1.165, 1.54) is 4.90 Å². The molecule has 0 saturated carbocycles. The highest BCUT2D eigenvalue weighted by Crippen LogP contribution is 2.02. The zero-order valence-electron chi connectivity index (χ0n) is 8.94. The molecule has 6 heteroatoms. The lowest BCUT2D eigenvalue weighted by Crippen LogP contribution is -2.54. The third kappa shape index (κ3) is 3.39. The quantitative estimate of drug-likeness (QED) is 0.406. The standard InChI is InChI=1S/C9H17N3O3/c1-2-3-6-15-9(14)11-4-5-12(10)8(13)7-11/h2-7,10H2,1H3. The fourth-order valence-electron chi connectivity index (χ4n) is 1.24. The van der Waals surface area contributed by atoms with Gasteiger partial charge in [-0.15, -0.1) is 0 Å². The van der Waals surface area contributed by atoms with E-state index in [4.69, 9.17) is 10.6 Å². The molecule has 1 fully saturated rings. The number of hydrogen-bond donors (Lipinski definition) is 1. The lowest BCUT2D eigenvalue weighted by Gasteiger charge is -2.30. The van der Waals surface area contributed by atoms with Crippen molar-refractivity contribution in [3.63, 3.8) is 0 Å². The Hall–Kier alpha value is -1.30. The molecule has 0 unspecified atom stereocenters. The summed E-state index contributed by atoms with van der Waals surface area (Å²) in [4.78, 5) is 24.0. The third-order valence-electron chi connectivity index (χ3n) is 2.24. The molecule has 1 heterocycles. The fraction of sp³-hybridized carbons (Fsp3) is 0.778. The normalized spacial score (nSPS) is 16.8. The molecule has 0 radical (unpaired) electrons. The summed E-state index contributed by atoms with van der Waals surface area (Å²) in [7, 11) is 0. The van der Waals surface area contributed by atoms with E-state index in [9.17, 15) is 9.59 Å². The van der Waals surface area contributed by atoms with E-state index < -0.39 is 6.09 Å². The van der Waals surface area contributed by atoms with Crippen LogP contribution >= 0.6 is 0 Å². The number of carbonyl (C=O) groups is 2. The number of nitrogens with zero attached hydrogens (tertiary/aromatic N) is 2. The van der Waals surface area contributed by atoms with Crippen LogP contribution in [0.4, 0.5) is 4.79 Å². The minimum Gasteiger partial charge on any atom is -0.449 e. The van der Waals surface area contributed by atoms with Gasteiger partial charge < -0.3 is 4.74 Å². The Bertz CT molecular complexity index is 245. The topological polar surface area (TPSA) is 75.9 Å². The van der Waals surface area contributed by atoms with Crippen LogP contribution in [0.5, 0.6) is 0 Å². The summed E-state index contributed by atoms with van der Waals surface area (Å²) < 4.78 is 4.98. The van der Waals surface area contributed by atoms with Crippen LogP contribution in [0.3, 0.4) is 0 Å². The summed E-state index contributed by atoms with van der Waals surface area (Å²) in [6, 6.07) is 0. The van der Waals surface area contributed by atoms with E-state index >= 15 is 0 Å². The molecule has 0 spiro atoms. The number of hydrazine groups is 1. The van der Waals surface area contributed by atoms with Gasteiger partial charge in [-0.2, -0.15) is 0 Å². The fourth-order valence-corrected chi connectivity index (χ4v) is 1.24. The summed E-state index contributed by atoms with van der Waals surface area (Å²) in [6.45, 7) is 3.24. The Morgan fingerprint density at radius 1 is 1.53 bits per heavy atom. The van der Waals surface area contributed by atoms with E-state index in [0.717, 1.165) is 17.9 Å². The van der Waals surface area contributed by atoms with Crippen molar-refractivity contribution in [2.45, 2.75) is 19.8 Å². The van der Waals surface area contributed by atoms with Crippen LogP contribution in [0.25, 0.3) is 0 Å². The minimum absolute atomic E-state index is 0.0153. The van der Waals surface area contributed by atoms with Crippen LogP contribution in [0, 0.1) is 0 Å². The molecule has 1 saturated heterocycles. The van der Waals surface area contributed by atoms with Gasteiger partial charge in [0.2, 0.25) is 0 Å². The molecule has 0 aromatic heterocycles. The first-order chi connectivity index (χ1) is 7.15. The molecule has 0 bridgehead atoms. The van der Waals surface area contributed by atoms with Crippen LogP contribution in [0.15, 0.2) is 0 Å². The highest BCUT2D eigenvalue weighted by molar-refractivity contribution is 5.83. The molecule has 86 valence electrons. The van der Waals surface area contributed by atoms with Crippen molar-refractivity contribution in [1.29, 1.82) is 0 Å². The summed E-state index contributed by atoms with van der Waals surface area (Å²) in [5, 5.41) is 1.12. The summed E-state index contributed by atoms with van der Waals surface area (Å²) in [5.74, 6) is 5.11. The van der Waals surface area contributed by atoms with Crippen molar-refractivity contribution in [1.82, 2.24) is 9.91 Å². The molecule has 6 nitrogen and oxygen atoms in total. The van der Waals surface area contributed by atoms with Crippen LogP contribution in [-0.2, 0) is 9.53 Å². The van der Waals surface area contributed by atoms with Crippen molar-refractivity contribution in [3.8, 4) is 0 Å². The molecular formula is C9H17N3O3. The van der Waals surface area contributed by atoms with Crippen molar-refractivity contribution >= 4 is 12.0 Å². The van der Waals surface area contributed by atoms with Gasteiger partial charge in [-0.3, -0.25) is 14.7 Å². The Balaban J connectivity index is 2.31. The SMILES string of the molecule is CCCCOC(=O)N1CCN(N)C(=O)C1. The number of ether oxygens (including phenoxy) is 1. The van der Waals surface area contributed by atoms with Gasteiger partial charge in [-0.25, -0.2) is 10.6 Å². The molecule has 2 N–H and O–H groups in total. The Kier molecular flexibility index (Phi) is 4.36. The number of carbonyl (C=O) groups excluding carboxylic acids is 2. The average Bonchev–Trinajstić information content (AvgIpc) is 2.22. The first kappa shape index (κ1) is 11.8. The zero-order valence-corrected chi connectivity index (χ0v) is 8.94. The van der Waals surface area contributed by atoms with Crippen molar-refractivity contribution in [2.75, 3.05) is 26.2 Å². The molecule has 15 heavy (non-hydrogen) atoms. The maximum Gasteiger partial charge on any atom is 0.410 e. The summed E-state index contributed by atoms with van der Waals surface area (Å²) in [5.41, 5.74) is 0. The van der Waals surface area contributed by atoms with Crippen molar-refractivity contribution in [3.05, 3.63) is 0 Å². The summed E-state index contributed by atoms with van der Waals surface area (Å²) >= 11 is 0. The molecule has 0 atom stereocenters. The highest BCUT2D eigenvalue weighted by atomic mass is 16.6. The van der Waals surface area contributed by atoms with Gasteiger partial charge in [0.1, 0.15) is 6.54 Å². The molecule has 0 aromatic carbocycles. The van der Waals surface area contributed by atoms with Gasteiger partial charge >= 0.3 is 6.09 Å². The largest absolute Gasteiger partial charge is 0.449 e. The number of rotatable bonds is 3. The van der Waals surface area contributed by atoms with Gasteiger partial charge in [-0.05, 0) is 6.42 Å². The van der Waals surface area contributed by atoms with E-state index in [1.54, 1.807) is 0 Å². The second-order valence-electron chi connectivity index (χ2n) is 3.48. The van der Waals surface area contributed by atoms with Gasteiger partial charge in [0.05, 0.1) is 13.2 Å². The van der Waals surface area contributed by atoms with Gasteiger partial charge in [0.15, 0.2) is 0 Å². The first-order valence-electron chi connectivity index (χ1n) is 5.12. The third-order valence-corrected chi connectivity index (χ3v) is 2.24. The highest BCUT2D eigenvalue weighted by Gasteiger charge is 2.25. The Morgan fingerprint density at radius 3 is 2.87 bits per heavy atom. The maximum absolute atomic E-state index is 11.4. The lowest BCUT2D eigenvalue weighted by atomic mass is 10.3. The van der Waals surface area contributed by atoms with E-state index in [2.05, 4.69) is 0 Å². The molecule has 1 aliphatic heterocycles. The predicted octanol–water partition coefficient (Wildman–Crippen LogP) is -0.0590. The van der Waals surface area contributed by atoms with Crippen LogP contribution in [0.2, 0.25) is 0 Å². The van der Waals surface area contributed by atoms with Gasteiger partial charge in [0.25, 0.3) is 5.91 Å². The molecule has 2 amide bonds. The molecule has 1 rings (SSSR count). The van der Waals surface area contributed by atoms with Crippen LogP contribution in [-0.4, -0.2) is 48.2 Å². The number of piperazine rings is 1. The van der Waals surface area contributed by atoms with E-state index in [0.29, 0.717) is 19.7 Å². The zero-order chi connectivity index (χ0) is 11.3. The number of nitrogens with two attached hydrogens (primary N) is 1. The van der Waals surface area contributed by atoms with E-state index in [1.807, 2.05) is 6.92 Å². The minimum atomic E-state index is -0.426. The van der Waals surface area contributed by atoms with Crippen LogP contribution < -0.4 is 5.84 Å². The Labute approximate surface area is 88.9 Å². The monoisotopic (exact) mass is 215 g/mol. The molecule has 0 aromatic rings. The molecule has 1 aliphatic rings. The summed E-state index contributed by atoms with van der Waals surface area (Å²) in [6.07, 6.45) is 1.39. The maximum atomic E-state index is 11.4. The second kappa shape index (κ2) is 5.55. The Morgan fingerprint density at radius 2 is 2.27 bits per heavy atom. The molecular weight excluding hydrogens is 198 g/mol. The van der Waals surface area contributed by atoms with Crippen molar-refractivity contribution in [2.24, 2.45) is 5.84 Å². The first-order valence-corrected chi connectivity index (χ1v) is 5.12. The van der Waals surface area contributed by atoms with Gasteiger partial charge in [-0.1, -0.05) is 13.3 Å². The average molecular weight is 215 g/mol. The van der Waals surface area contributed by atoms with Crippen molar-refractivity contribution < 1.29 is 14.3 Å². The van der Waals surface area contributed by atoms with Gasteiger partial charge in [0, 0.05) is 6.54 Å².